The Labute approximate surface area is 252 Å². The average molecular weight is 618 g/mol. The van der Waals surface area contributed by atoms with E-state index in [2.05, 4.69) is 15.2 Å². The number of nitrogens with one attached hydrogen (secondary N) is 1. The van der Waals surface area contributed by atoms with Crippen LogP contribution in [0.25, 0.3) is 5.78 Å². The van der Waals surface area contributed by atoms with Gasteiger partial charge in [-0.2, -0.15) is 0 Å². The smallest absolute Gasteiger partial charge is 0.414 e. The predicted molar refractivity (Wildman–Crippen MR) is 152 cm³/mol. The number of carbonyl (C=O) groups is 3. The molecule has 2 aliphatic heterocycles. The molecular formula is C28H35F2N8O6+. The fourth-order valence-electron chi connectivity index (χ4n) is 5.24. The number of alkyl carbamates (subject to hydrolysis) is 1. The summed E-state index contributed by atoms with van der Waals surface area (Å²) >= 11 is 0. The molecule has 1 unspecified atom stereocenters. The minimum atomic E-state index is -0.800. The van der Waals surface area contributed by atoms with Crippen LogP contribution in [0.2, 0.25) is 0 Å². The fraction of sp³-hybridized carbons (Fsp3) is 0.464. The van der Waals surface area contributed by atoms with Gasteiger partial charge in [0, 0.05) is 50.9 Å². The first-order valence-electron chi connectivity index (χ1n) is 14.2. The van der Waals surface area contributed by atoms with E-state index in [-0.39, 0.29) is 49.2 Å². The number of halogens is 2. The van der Waals surface area contributed by atoms with Crippen LogP contribution in [0.1, 0.15) is 17.4 Å². The van der Waals surface area contributed by atoms with Crippen molar-refractivity contribution in [2.45, 2.75) is 13.0 Å². The lowest BCUT2D eigenvalue weighted by atomic mass is 10.2. The minimum absolute atomic E-state index is 0.00405. The molecule has 14 nitrogen and oxygen atoms in total. The van der Waals surface area contributed by atoms with Crippen molar-refractivity contribution >= 4 is 35.2 Å². The van der Waals surface area contributed by atoms with Gasteiger partial charge < -0.3 is 19.7 Å². The summed E-state index contributed by atoms with van der Waals surface area (Å²) in [4.78, 5) is 51.5. The van der Waals surface area contributed by atoms with Crippen LogP contribution in [-0.4, -0.2) is 110 Å². The van der Waals surface area contributed by atoms with Crippen molar-refractivity contribution in [3.63, 3.8) is 0 Å². The number of aromatic nitrogens is 3. The molecule has 236 valence electrons. The number of aryl methyl sites for hydroxylation is 1. The third kappa shape index (κ3) is 6.65. The lowest BCUT2D eigenvalue weighted by Gasteiger charge is -2.37. The van der Waals surface area contributed by atoms with E-state index in [4.69, 9.17) is 14.3 Å². The molecule has 0 bridgehead atoms. The molecule has 5 rings (SSSR count). The topological polar surface area (TPSA) is 125 Å². The van der Waals surface area contributed by atoms with Crippen molar-refractivity contribution in [1.82, 2.24) is 24.7 Å². The van der Waals surface area contributed by atoms with Gasteiger partial charge >= 0.3 is 23.9 Å². The number of hydroxylamine groups is 2. The van der Waals surface area contributed by atoms with Crippen LogP contribution in [-0.2, 0) is 21.4 Å². The van der Waals surface area contributed by atoms with Crippen LogP contribution in [0.4, 0.5) is 29.7 Å². The average Bonchev–Trinajstić information content (AvgIpc) is 3.61. The first-order chi connectivity index (χ1) is 21.2. The van der Waals surface area contributed by atoms with E-state index >= 15 is 8.78 Å². The summed E-state index contributed by atoms with van der Waals surface area (Å²) in [6, 6.07) is 4.06. The Morgan fingerprint density at radius 3 is 2.59 bits per heavy atom. The molecule has 0 saturated carbocycles. The Bertz CT molecular complexity index is 1510. The molecule has 2 fully saturated rings. The van der Waals surface area contributed by atoms with Crippen molar-refractivity contribution in [3.8, 4) is 0 Å². The first-order valence-corrected chi connectivity index (χ1v) is 14.2. The SMILES string of the molecule is CCOC(=O)NCC1CN(c2cc(F)c(N3CCN(CCN(OC)C(=O)c4cn5ccc[n+](C)c5n4)CC3)c(F)c2)C(=O)O1. The van der Waals surface area contributed by atoms with Gasteiger partial charge in [0.1, 0.15) is 18.0 Å². The summed E-state index contributed by atoms with van der Waals surface area (Å²) in [6.45, 7) is 4.34. The highest BCUT2D eigenvalue weighted by Crippen LogP contribution is 2.31. The van der Waals surface area contributed by atoms with Gasteiger partial charge in [-0.05, 0) is 6.92 Å². The van der Waals surface area contributed by atoms with Gasteiger partial charge in [-0.25, -0.2) is 32.4 Å². The number of benzene rings is 1. The summed E-state index contributed by atoms with van der Waals surface area (Å²) in [5, 5.41) is 3.72. The molecule has 2 saturated heterocycles. The second-order valence-electron chi connectivity index (χ2n) is 10.3. The molecule has 1 N–H and O–H groups in total. The van der Waals surface area contributed by atoms with E-state index in [1.165, 1.54) is 12.2 Å². The quantitative estimate of drug-likeness (QED) is 0.265. The molecule has 3 aromatic rings. The van der Waals surface area contributed by atoms with Crippen molar-refractivity contribution in [2.75, 3.05) is 75.9 Å². The van der Waals surface area contributed by atoms with E-state index in [1.54, 1.807) is 33.2 Å². The number of rotatable bonds is 10. The van der Waals surface area contributed by atoms with Crippen molar-refractivity contribution in [1.29, 1.82) is 0 Å². The number of hydrogen-bond acceptors (Lipinski definition) is 9. The largest absolute Gasteiger partial charge is 0.450 e. The summed E-state index contributed by atoms with van der Waals surface area (Å²) < 4.78 is 44.0. The zero-order chi connectivity index (χ0) is 31.4. The molecule has 0 aliphatic carbocycles. The summed E-state index contributed by atoms with van der Waals surface area (Å²) in [5.74, 6) is -1.36. The number of cyclic esters (lactones) is 1. The van der Waals surface area contributed by atoms with E-state index in [1.807, 2.05) is 19.3 Å². The third-order valence-corrected chi connectivity index (χ3v) is 7.50. The van der Waals surface area contributed by atoms with Crippen LogP contribution >= 0.6 is 0 Å². The Morgan fingerprint density at radius 1 is 1.20 bits per heavy atom. The van der Waals surface area contributed by atoms with Crippen LogP contribution in [0.5, 0.6) is 0 Å². The Hall–Kier alpha value is -4.57. The molecule has 44 heavy (non-hydrogen) atoms. The number of piperazine rings is 1. The maximum absolute atomic E-state index is 15.2. The number of hydrogen-bond donors (Lipinski definition) is 1. The fourth-order valence-corrected chi connectivity index (χ4v) is 5.24. The lowest BCUT2D eigenvalue weighted by Crippen LogP contribution is -2.49. The predicted octanol–water partition coefficient (Wildman–Crippen LogP) is 1.33. The van der Waals surface area contributed by atoms with Gasteiger partial charge in [0.05, 0.1) is 58.5 Å². The molecule has 0 radical (unpaired) electrons. The number of anilines is 2. The van der Waals surface area contributed by atoms with Crippen LogP contribution in [0.15, 0.2) is 36.8 Å². The molecule has 4 heterocycles. The minimum Gasteiger partial charge on any atom is -0.450 e. The number of carbonyl (C=O) groups excluding carboxylic acids is 3. The van der Waals surface area contributed by atoms with Crippen LogP contribution < -0.4 is 19.7 Å². The molecule has 16 heteroatoms. The number of amides is 3. The van der Waals surface area contributed by atoms with E-state index in [0.29, 0.717) is 38.5 Å². The van der Waals surface area contributed by atoms with E-state index in [9.17, 15) is 14.4 Å². The van der Waals surface area contributed by atoms with Gasteiger partial charge in [-0.1, -0.05) is 4.98 Å². The molecule has 3 amide bonds. The lowest BCUT2D eigenvalue weighted by molar-refractivity contribution is -0.650. The second kappa shape index (κ2) is 13.4. The van der Waals surface area contributed by atoms with E-state index < -0.39 is 29.9 Å². The highest BCUT2D eigenvalue weighted by Gasteiger charge is 2.34. The van der Waals surface area contributed by atoms with Gasteiger partial charge in [-0.15, -0.1) is 0 Å². The van der Waals surface area contributed by atoms with Crippen molar-refractivity contribution < 1.29 is 42.0 Å². The zero-order valence-electron chi connectivity index (χ0n) is 24.7. The monoisotopic (exact) mass is 617 g/mol. The van der Waals surface area contributed by atoms with Gasteiger partial charge in [0.2, 0.25) is 5.69 Å². The third-order valence-electron chi connectivity index (χ3n) is 7.50. The molecule has 1 aromatic carbocycles. The number of nitrogens with zero attached hydrogens (tertiary/aromatic N) is 7. The standard InChI is InChI=1S/C28H34F2N8O6/c1-4-43-27(40)31-16-20-17-37(28(41)44-20)19-14-21(29)24(22(30)15-19)35-11-8-34(9-12-35)10-13-38(42-3)25(39)23-18-36-7-5-6-33(2)26(36)32-23/h5-7,14-15,18,20H,4,8-13,16-17H2,1-3H3/p+1. The van der Waals surface area contributed by atoms with Gasteiger partial charge in [0.25, 0.3) is 0 Å². The Balaban J connectivity index is 1.14. The molecule has 2 aromatic heterocycles. The molecule has 2 aliphatic rings. The highest BCUT2D eigenvalue weighted by atomic mass is 19.1. The Kier molecular flexibility index (Phi) is 9.39. The van der Waals surface area contributed by atoms with Gasteiger partial charge in [-0.3, -0.25) is 19.4 Å². The van der Waals surface area contributed by atoms with Crippen molar-refractivity contribution in [2.24, 2.45) is 7.05 Å². The number of fused-ring (bicyclic) bond motifs is 1. The number of ether oxygens (including phenoxy) is 2. The maximum Gasteiger partial charge on any atom is 0.414 e. The van der Waals surface area contributed by atoms with Gasteiger partial charge in [0.15, 0.2) is 11.6 Å². The zero-order valence-corrected chi connectivity index (χ0v) is 24.7. The first kappa shape index (κ1) is 30.9. The summed E-state index contributed by atoms with van der Waals surface area (Å²) in [6.07, 6.45) is 3.18. The number of imidazole rings is 1. The van der Waals surface area contributed by atoms with Crippen LogP contribution in [0.3, 0.4) is 0 Å². The molecular weight excluding hydrogens is 582 g/mol. The molecule has 1 atom stereocenters. The van der Waals surface area contributed by atoms with Crippen molar-refractivity contribution in [3.05, 3.63) is 54.1 Å². The normalized spacial score (nSPS) is 17.2. The Morgan fingerprint density at radius 2 is 1.93 bits per heavy atom. The summed E-state index contributed by atoms with van der Waals surface area (Å²) in [5.41, 5.74) is 0.101. The summed E-state index contributed by atoms with van der Waals surface area (Å²) in [7, 11) is 3.26. The second-order valence-corrected chi connectivity index (χ2v) is 10.3. The highest BCUT2D eigenvalue weighted by molar-refractivity contribution is 5.92. The van der Waals surface area contributed by atoms with Crippen LogP contribution in [0, 0.1) is 11.6 Å². The molecule has 0 spiro atoms. The maximum atomic E-state index is 15.2. The van der Waals surface area contributed by atoms with E-state index in [0.717, 1.165) is 17.0 Å².